The second-order valence-corrected chi connectivity index (χ2v) is 3.39. The minimum absolute atomic E-state index is 0.426. The Balaban J connectivity index is 2.96. The molecular formula is C12H14O4. The van der Waals surface area contributed by atoms with E-state index in [1.54, 1.807) is 19.1 Å². The highest BCUT2D eigenvalue weighted by Gasteiger charge is 2.17. The van der Waals surface area contributed by atoms with Crippen molar-refractivity contribution in [1.29, 1.82) is 0 Å². The van der Waals surface area contributed by atoms with Crippen LogP contribution in [0, 0.1) is 6.92 Å². The van der Waals surface area contributed by atoms with Gasteiger partial charge in [-0.15, -0.1) is 0 Å². The van der Waals surface area contributed by atoms with E-state index in [0.29, 0.717) is 17.6 Å². The van der Waals surface area contributed by atoms with Gasteiger partial charge in [-0.3, -0.25) is 4.79 Å². The average molecular weight is 222 g/mol. The van der Waals surface area contributed by atoms with Crippen molar-refractivity contribution in [2.45, 2.75) is 20.0 Å². The highest BCUT2D eigenvalue weighted by Crippen LogP contribution is 2.23. The fourth-order valence-corrected chi connectivity index (χ4v) is 1.32. The quantitative estimate of drug-likeness (QED) is 0.575. The van der Waals surface area contributed by atoms with Gasteiger partial charge in [0.15, 0.2) is 12.4 Å². The molecule has 0 saturated heterocycles. The molecule has 0 unspecified atom stereocenters. The molecule has 0 bridgehead atoms. The number of carbonyl (C=O) groups is 2. The number of esters is 1. The first-order chi connectivity index (χ1) is 7.60. The molecule has 0 aliphatic heterocycles. The average Bonchev–Trinajstić information content (AvgIpc) is 2.30. The predicted octanol–water partition coefficient (Wildman–Crippen LogP) is 1.75. The third-order valence-corrected chi connectivity index (χ3v) is 2.20. The summed E-state index contributed by atoms with van der Waals surface area (Å²) in [6.45, 7) is 3.39. The van der Waals surface area contributed by atoms with Gasteiger partial charge in [-0.25, -0.2) is 4.79 Å². The topological polar surface area (TPSA) is 52.6 Å². The van der Waals surface area contributed by atoms with E-state index < -0.39 is 12.1 Å². The first-order valence-electron chi connectivity index (χ1n) is 4.89. The molecule has 0 saturated carbocycles. The second-order valence-electron chi connectivity index (χ2n) is 3.39. The van der Waals surface area contributed by atoms with Gasteiger partial charge in [-0.1, -0.05) is 12.1 Å². The maximum absolute atomic E-state index is 11.2. The normalized spacial score (nSPS) is 11.7. The van der Waals surface area contributed by atoms with Gasteiger partial charge in [0, 0.05) is 0 Å². The van der Waals surface area contributed by atoms with E-state index in [9.17, 15) is 9.59 Å². The maximum Gasteiger partial charge on any atom is 0.346 e. The van der Waals surface area contributed by atoms with Gasteiger partial charge in [0.1, 0.15) is 5.75 Å². The van der Waals surface area contributed by atoms with Crippen LogP contribution in [0.2, 0.25) is 0 Å². The molecule has 0 fully saturated rings. The molecule has 86 valence electrons. The highest BCUT2D eigenvalue weighted by molar-refractivity contribution is 5.81. The molecular weight excluding hydrogens is 208 g/mol. The predicted molar refractivity (Wildman–Crippen MR) is 58.7 cm³/mol. The number of rotatable bonds is 4. The van der Waals surface area contributed by atoms with E-state index >= 15 is 0 Å². The highest BCUT2D eigenvalue weighted by atomic mass is 16.6. The van der Waals surface area contributed by atoms with Crippen LogP contribution in [0.5, 0.6) is 5.75 Å². The van der Waals surface area contributed by atoms with Crippen molar-refractivity contribution < 1.29 is 19.1 Å². The molecule has 1 rings (SSSR count). The number of aldehydes is 1. The lowest BCUT2D eigenvalue weighted by atomic mass is 10.1. The zero-order valence-electron chi connectivity index (χ0n) is 9.52. The molecule has 0 radical (unpaired) electrons. The molecule has 1 aromatic carbocycles. The van der Waals surface area contributed by atoms with Crippen LogP contribution in [0.15, 0.2) is 18.2 Å². The van der Waals surface area contributed by atoms with Gasteiger partial charge < -0.3 is 9.47 Å². The minimum Gasteiger partial charge on any atom is -0.478 e. The summed E-state index contributed by atoms with van der Waals surface area (Å²) in [6, 6.07) is 5.21. The van der Waals surface area contributed by atoms with E-state index in [0.717, 1.165) is 5.56 Å². The van der Waals surface area contributed by atoms with Crippen molar-refractivity contribution in [2.75, 3.05) is 7.11 Å². The smallest absolute Gasteiger partial charge is 0.346 e. The van der Waals surface area contributed by atoms with Crippen LogP contribution in [0.1, 0.15) is 22.8 Å². The van der Waals surface area contributed by atoms with Crippen LogP contribution in [-0.4, -0.2) is 25.5 Å². The summed E-state index contributed by atoms with van der Waals surface area (Å²) in [5.41, 5.74) is 1.23. The SMILES string of the molecule is COC(=O)[C@H](C)Oc1c(C)cccc1C=O. The molecule has 0 spiro atoms. The molecule has 16 heavy (non-hydrogen) atoms. The van der Waals surface area contributed by atoms with Crippen molar-refractivity contribution in [3.05, 3.63) is 29.3 Å². The van der Waals surface area contributed by atoms with Gasteiger partial charge in [-0.2, -0.15) is 0 Å². The first-order valence-corrected chi connectivity index (χ1v) is 4.89. The van der Waals surface area contributed by atoms with Gasteiger partial charge in [-0.05, 0) is 25.5 Å². The summed E-state index contributed by atoms with van der Waals surface area (Å²) in [6.07, 6.45) is -0.0309. The molecule has 0 aromatic heterocycles. The minimum atomic E-state index is -0.732. The summed E-state index contributed by atoms with van der Waals surface area (Å²) in [4.78, 5) is 22.0. The summed E-state index contributed by atoms with van der Waals surface area (Å²) in [5, 5.41) is 0. The fourth-order valence-electron chi connectivity index (χ4n) is 1.32. The Morgan fingerprint density at radius 1 is 1.44 bits per heavy atom. The number of benzene rings is 1. The van der Waals surface area contributed by atoms with Crippen LogP contribution >= 0.6 is 0 Å². The number of aryl methyl sites for hydroxylation is 1. The Hall–Kier alpha value is -1.84. The Kier molecular flexibility index (Phi) is 4.05. The monoisotopic (exact) mass is 222 g/mol. The summed E-state index contributed by atoms with van der Waals surface area (Å²) < 4.78 is 9.96. The first kappa shape index (κ1) is 12.2. The largest absolute Gasteiger partial charge is 0.478 e. The van der Waals surface area contributed by atoms with E-state index in [2.05, 4.69) is 4.74 Å². The Labute approximate surface area is 94.2 Å². The number of carbonyl (C=O) groups excluding carboxylic acids is 2. The number of para-hydroxylation sites is 1. The van der Waals surface area contributed by atoms with Gasteiger partial charge in [0.2, 0.25) is 0 Å². The van der Waals surface area contributed by atoms with Crippen molar-refractivity contribution in [3.63, 3.8) is 0 Å². The Morgan fingerprint density at radius 3 is 2.69 bits per heavy atom. The van der Waals surface area contributed by atoms with Crippen molar-refractivity contribution in [3.8, 4) is 5.75 Å². The van der Waals surface area contributed by atoms with E-state index in [1.165, 1.54) is 7.11 Å². The molecule has 4 nitrogen and oxygen atoms in total. The van der Waals surface area contributed by atoms with E-state index in [-0.39, 0.29) is 0 Å². The lowest BCUT2D eigenvalue weighted by Crippen LogP contribution is -2.25. The number of hydrogen-bond donors (Lipinski definition) is 0. The fraction of sp³-hybridized carbons (Fsp3) is 0.333. The third kappa shape index (κ3) is 2.59. The van der Waals surface area contributed by atoms with Crippen LogP contribution in [-0.2, 0) is 9.53 Å². The molecule has 0 amide bonds. The van der Waals surface area contributed by atoms with Crippen LogP contribution in [0.4, 0.5) is 0 Å². The molecule has 0 N–H and O–H groups in total. The number of methoxy groups -OCH3 is 1. The second kappa shape index (κ2) is 5.30. The number of ether oxygens (including phenoxy) is 2. The molecule has 0 heterocycles. The van der Waals surface area contributed by atoms with Gasteiger partial charge in [0.25, 0.3) is 0 Å². The molecule has 0 aliphatic rings. The van der Waals surface area contributed by atoms with Crippen LogP contribution in [0.25, 0.3) is 0 Å². The van der Waals surface area contributed by atoms with Gasteiger partial charge in [0.05, 0.1) is 12.7 Å². The van der Waals surface area contributed by atoms with E-state index in [4.69, 9.17) is 4.74 Å². The van der Waals surface area contributed by atoms with E-state index in [1.807, 2.05) is 13.0 Å². The van der Waals surface area contributed by atoms with Crippen molar-refractivity contribution in [2.24, 2.45) is 0 Å². The zero-order chi connectivity index (χ0) is 12.1. The Morgan fingerprint density at radius 2 is 2.12 bits per heavy atom. The molecule has 0 aliphatic carbocycles. The van der Waals surface area contributed by atoms with Crippen LogP contribution < -0.4 is 4.74 Å². The van der Waals surface area contributed by atoms with Crippen molar-refractivity contribution >= 4 is 12.3 Å². The molecule has 1 aromatic rings. The van der Waals surface area contributed by atoms with Crippen LogP contribution in [0.3, 0.4) is 0 Å². The maximum atomic E-state index is 11.2. The summed E-state index contributed by atoms with van der Waals surface area (Å²) in [7, 11) is 1.29. The molecule has 4 heteroatoms. The third-order valence-electron chi connectivity index (χ3n) is 2.20. The lowest BCUT2D eigenvalue weighted by molar-refractivity contribution is -0.147. The van der Waals surface area contributed by atoms with Crippen molar-refractivity contribution in [1.82, 2.24) is 0 Å². The van der Waals surface area contributed by atoms with Gasteiger partial charge >= 0.3 is 5.97 Å². The Bertz CT molecular complexity index is 398. The summed E-state index contributed by atoms with van der Waals surface area (Å²) >= 11 is 0. The lowest BCUT2D eigenvalue weighted by Gasteiger charge is -2.15. The molecule has 1 atom stereocenters. The summed E-state index contributed by atoms with van der Waals surface area (Å²) in [5.74, 6) is -0.0458. The standard InChI is InChI=1S/C12H14O4/c1-8-5-4-6-10(7-13)11(8)16-9(2)12(14)15-3/h4-7,9H,1-3H3/t9-/m0/s1. The zero-order valence-corrected chi connectivity index (χ0v) is 9.52. The number of hydrogen-bond acceptors (Lipinski definition) is 4.